The zero-order valence-corrected chi connectivity index (χ0v) is 10.1. The minimum Gasteiger partial charge on any atom is -0.313 e. The molecule has 1 rings (SSSR count). The van der Waals surface area contributed by atoms with Gasteiger partial charge < -0.3 is 5.32 Å². The summed E-state index contributed by atoms with van der Waals surface area (Å²) in [4.78, 5) is 2.65. The van der Waals surface area contributed by atoms with Crippen molar-refractivity contribution in [2.24, 2.45) is 0 Å². The molecule has 84 valence electrons. The molecular formula is C12H26N2. The Kier molecular flexibility index (Phi) is 5.49. The van der Waals surface area contributed by atoms with Crippen LogP contribution in [0, 0.1) is 0 Å². The number of rotatable bonds is 4. The molecule has 14 heavy (non-hydrogen) atoms. The molecule has 2 atom stereocenters. The number of likely N-dealkylation sites (N-methyl/N-ethyl adjacent to an activating group) is 1. The number of nitrogens with one attached hydrogen (secondary N) is 1. The second-order valence-corrected chi connectivity index (χ2v) is 4.65. The van der Waals surface area contributed by atoms with Gasteiger partial charge >= 0.3 is 0 Å². The van der Waals surface area contributed by atoms with Crippen molar-refractivity contribution < 1.29 is 0 Å². The molecule has 1 aliphatic heterocycles. The van der Waals surface area contributed by atoms with Crippen LogP contribution in [0.3, 0.4) is 0 Å². The lowest BCUT2D eigenvalue weighted by Crippen LogP contribution is -2.43. The lowest BCUT2D eigenvalue weighted by Gasteiger charge is -2.29. The summed E-state index contributed by atoms with van der Waals surface area (Å²) in [5, 5.41) is 3.49. The maximum Gasteiger partial charge on any atom is 0.0166 e. The Hall–Kier alpha value is -0.0800. The number of hydrogen-bond donors (Lipinski definition) is 1. The van der Waals surface area contributed by atoms with E-state index in [0.717, 1.165) is 12.6 Å². The lowest BCUT2D eigenvalue weighted by molar-refractivity contribution is 0.195. The van der Waals surface area contributed by atoms with Crippen molar-refractivity contribution in [3.8, 4) is 0 Å². The Morgan fingerprint density at radius 3 is 2.86 bits per heavy atom. The van der Waals surface area contributed by atoms with Gasteiger partial charge in [0.25, 0.3) is 0 Å². The van der Waals surface area contributed by atoms with Crippen molar-refractivity contribution in [3.63, 3.8) is 0 Å². The van der Waals surface area contributed by atoms with E-state index in [1.807, 2.05) is 0 Å². The monoisotopic (exact) mass is 198 g/mol. The molecule has 2 heteroatoms. The summed E-state index contributed by atoms with van der Waals surface area (Å²) >= 11 is 0. The zero-order valence-electron chi connectivity index (χ0n) is 10.1. The van der Waals surface area contributed by atoms with Gasteiger partial charge in [-0.2, -0.15) is 0 Å². The fourth-order valence-electron chi connectivity index (χ4n) is 2.37. The SMILES string of the molecule is CCNC(C)CN1CCCCCC1C. The van der Waals surface area contributed by atoms with E-state index in [1.165, 1.54) is 38.8 Å². The molecule has 1 aliphatic rings. The van der Waals surface area contributed by atoms with Crippen molar-refractivity contribution in [1.82, 2.24) is 10.2 Å². The van der Waals surface area contributed by atoms with Gasteiger partial charge in [-0.05, 0) is 39.8 Å². The predicted octanol–water partition coefficient (Wildman–Crippen LogP) is 2.25. The van der Waals surface area contributed by atoms with Crippen LogP contribution in [0.1, 0.15) is 46.5 Å². The van der Waals surface area contributed by atoms with E-state index in [0.29, 0.717) is 6.04 Å². The van der Waals surface area contributed by atoms with Crippen LogP contribution in [0.15, 0.2) is 0 Å². The second-order valence-electron chi connectivity index (χ2n) is 4.65. The van der Waals surface area contributed by atoms with E-state index in [1.54, 1.807) is 0 Å². The minimum atomic E-state index is 0.639. The Morgan fingerprint density at radius 2 is 2.14 bits per heavy atom. The Morgan fingerprint density at radius 1 is 1.36 bits per heavy atom. The molecule has 0 radical (unpaired) electrons. The van der Waals surface area contributed by atoms with Crippen LogP contribution >= 0.6 is 0 Å². The van der Waals surface area contributed by atoms with Gasteiger partial charge in [0.05, 0.1) is 0 Å². The van der Waals surface area contributed by atoms with E-state index in [4.69, 9.17) is 0 Å². The first-order valence-electron chi connectivity index (χ1n) is 6.21. The van der Waals surface area contributed by atoms with Crippen LogP contribution in [0.5, 0.6) is 0 Å². The molecule has 0 aromatic heterocycles. The Labute approximate surface area is 89.1 Å². The molecule has 1 heterocycles. The summed E-state index contributed by atoms with van der Waals surface area (Å²) < 4.78 is 0. The summed E-state index contributed by atoms with van der Waals surface area (Å²) in [7, 11) is 0. The molecule has 0 bridgehead atoms. The van der Waals surface area contributed by atoms with Crippen LogP contribution in [0.2, 0.25) is 0 Å². The van der Waals surface area contributed by atoms with Gasteiger partial charge in [0.15, 0.2) is 0 Å². The van der Waals surface area contributed by atoms with Crippen molar-refractivity contribution >= 4 is 0 Å². The minimum absolute atomic E-state index is 0.639. The molecular weight excluding hydrogens is 172 g/mol. The first-order chi connectivity index (χ1) is 6.74. The quantitative estimate of drug-likeness (QED) is 0.745. The molecule has 2 unspecified atom stereocenters. The summed E-state index contributed by atoms with van der Waals surface area (Å²) in [6.07, 6.45) is 5.63. The molecule has 0 saturated carbocycles. The van der Waals surface area contributed by atoms with Crippen LogP contribution < -0.4 is 5.32 Å². The zero-order chi connectivity index (χ0) is 10.4. The number of nitrogens with zero attached hydrogens (tertiary/aromatic N) is 1. The van der Waals surface area contributed by atoms with Crippen molar-refractivity contribution in [1.29, 1.82) is 0 Å². The number of likely N-dealkylation sites (tertiary alicyclic amines) is 1. The van der Waals surface area contributed by atoms with Gasteiger partial charge in [-0.25, -0.2) is 0 Å². The van der Waals surface area contributed by atoms with Gasteiger partial charge in [0.1, 0.15) is 0 Å². The van der Waals surface area contributed by atoms with Crippen molar-refractivity contribution in [3.05, 3.63) is 0 Å². The van der Waals surface area contributed by atoms with Gasteiger partial charge in [0.2, 0.25) is 0 Å². The maximum atomic E-state index is 3.49. The first-order valence-corrected chi connectivity index (χ1v) is 6.21. The van der Waals surface area contributed by atoms with Gasteiger partial charge in [-0.15, -0.1) is 0 Å². The average molecular weight is 198 g/mol. The Bertz CT molecular complexity index is 147. The summed E-state index contributed by atoms with van der Waals surface area (Å²) in [5.74, 6) is 0. The summed E-state index contributed by atoms with van der Waals surface area (Å²) in [6, 6.07) is 1.43. The lowest BCUT2D eigenvalue weighted by atomic mass is 10.1. The molecule has 1 fully saturated rings. The molecule has 0 amide bonds. The van der Waals surface area contributed by atoms with E-state index in [-0.39, 0.29) is 0 Å². The van der Waals surface area contributed by atoms with E-state index in [2.05, 4.69) is 31.0 Å². The maximum absolute atomic E-state index is 3.49. The topological polar surface area (TPSA) is 15.3 Å². The molecule has 1 saturated heterocycles. The highest BCUT2D eigenvalue weighted by Crippen LogP contribution is 2.16. The molecule has 0 aromatic rings. The van der Waals surface area contributed by atoms with Gasteiger partial charge in [0, 0.05) is 18.6 Å². The normalized spacial score (nSPS) is 27.2. The largest absolute Gasteiger partial charge is 0.313 e. The smallest absolute Gasteiger partial charge is 0.0166 e. The first kappa shape index (κ1) is 12.0. The molecule has 1 N–H and O–H groups in total. The third-order valence-corrected chi connectivity index (χ3v) is 3.25. The average Bonchev–Trinajstić information content (AvgIpc) is 2.33. The Balaban J connectivity index is 2.32. The van der Waals surface area contributed by atoms with Crippen molar-refractivity contribution in [2.75, 3.05) is 19.6 Å². The second kappa shape index (κ2) is 6.41. The number of hydrogen-bond acceptors (Lipinski definition) is 2. The van der Waals surface area contributed by atoms with E-state index in [9.17, 15) is 0 Å². The highest BCUT2D eigenvalue weighted by molar-refractivity contribution is 4.75. The summed E-state index contributed by atoms with van der Waals surface area (Å²) in [5.41, 5.74) is 0. The van der Waals surface area contributed by atoms with E-state index >= 15 is 0 Å². The van der Waals surface area contributed by atoms with Crippen LogP contribution in [-0.2, 0) is 0 Å². The third kappa shape index (κ3) is 3.97. The van der Waals surface area contributed by atoms with Gasteiger partial charge in [-0.3, -0.25) is 4.90 Å². The summed E-state index contributed by atoms with van der Waals surface area (Å²) in [6.45, 7) is 10.5. The van der Waals surface area contributed by atoms with Crippen LogP contribution in [0.4, 0.5) is 0 Å². The van der Waals surface area contributed by atoms with Crippen LogP contribution in [-0.4, -0.2) is 36.6 Å². The third-order valence-electron chi connectivity index (χ3n) is 3.25. The molecule has 0 aliphatic carbocycles. The fourth-order valence-corrected chi connectivity index (χ4v) is 2.37. The predicted molar refractivity (Wildman–Crippen MR) is 62.6 cm³/mol. The molecule has 0 spiro atoms. The molecule has 0 aromatic carbocycles. The fraction of sp³-hybridized carbons (Fsp3) is 1.00. The van der Waals surface area contributed by atoms with Crippen LogP contribution in [0.25, 0.3) is 0 Å². The van der Waals surface area contributed by atoms with Crippen molar-refractivity contribution in [2.45, 2.75) is 58.5 Å². The van der Waals surface area contributed by atoms with Gasteiger partial charge in [-0.1, -0.05) is 19.8 Å². The van der Waals surface area contributed by atoms with E-state index < -0.39 is 0 Å². The highest BCUT2D eigenvalue weighted by atomic mass is 15.2. The molecule has 2 nitrogen and oxygen atoms in total. The standard InChI is InChI=1S/C12H26N2/c1-4-13-11(2)10-14-9-7-5-6-8-12(14)3/h11-13H,4-10H2,1-3H3. The highest BCUT2D eigenvalue weighted by Gasteiger charge is 2.17.